The molecule has 3 aromatic rings. The number of nitrogens with zero attached hydrogens (tertiary/aromatic N) is 4. The fourth-order valence-electron chi connectivity index (χ4n) is 3.50. The van der Waals surface area contributed by atoms with Gasteiger partial charge in [0.1, 0.15) is 5.82 Å². The maximum atomic E-state index is 6.10. The molecule has 0 spiro atoms. The third kappa shape index (κ3) is 6.33. The van der Waals surface area contributed by atoms with E-state index in [1.807, 2.05) is 44.2 Å². The van der Waals surface area contributed by atoms with Gasteiger partial charge in [-0.3, -0.25) is 4.99 Å². The first kappa shape index (κ1) is 24.3. The zero-order valence-corrected chi connectivity index (χ0v) is 20.4. The predicted molar refractivity (Wildman–Crippen MR) is 142 cm³/mol. The monoisotopic (exact) mass is 462 g/mol. The lowest BCUT2D eigenvalue weighted by Gasteiger charge is -2.19. The Labute approximate surface area is 201 Å². The Morgan fingerprint density at radius 1 is 1.09 bits per heavy atom. The van der Waals surface area contributed by atoms with Crippen LogP contribution >= 0.6 is 11.6 Å². The van der Waals surface area contributed by atoms with Crippen LogP contribution in [0.3, 0.4) is 0 Å². The molecule has 33 heavy (non-hydrogen) atoms. The van der Waals surface area contributed by atoms with Crippen LogP contribution in [-0.2, 0) is 6.54 Å². The van der Waals surface area contributed by atoms with Crippen LogP contribution in [0.2, 0.25) is 5.02 Å². The van der Waals surface area contributed by atoms with Crippen LogP contribution in [0, 0.1) is 6.92 Å². The Kier molecular flexibility index (Phi) is 8.44. The molecule has 0 aliphatic rings. The summed E-state index contributed by atoms with van der Waals surface area (Å²) in [7, 11) is 0. The van der Waals surface area contributed by atoms with Crippen molar-refractivity contribution in [1.29, 1.82) is 0 Å². The Morgan fingerprint density at radius 3 is 2.45 bits per heavy atom. The van der Waals surface area contributed by atoms with Gasteiger partial charge in [-0.05, 0) is 70.3 Å². The molecule has 3 rings (SSSR count). The SMILES string of the molecule is C=Nc1cc(Cl)ccc1/C(=C\C)Nc1ccc(CNc2cc(C)nc(N(CC)CC)n2)cc1. The van der Waals surface area contributed by atoms with Gasteiger partial charge >= 0.3 is 0 Å². The van der Waals surface area contributed by atoms with Crippen molar-refractivity contribution in [3.63, 3.8) is 0 Å². The molecular weight excluding hydrogens is 432 g/mol. The van der Waals surface area contributed by atoms with Crippen LogP contribution in [0.15, 0.2) is 59.6 Å². The number of hydrogen-bond acceptors (Lipinski definition) is 6. The maximum Gasteiger partial charge on any atom is 0.227 e. The number of anilines is 3. The highest BCUT2D eigenvalue weighted by molar-refractivity contribution is 6.31. The van der Waals surface area contributed by atoms with Gasteiger partial charge in [-0.25, -0.2) is 4.98 Å². The molecule has 0 aliphatic heterocycles. The third-order valence-corrected chi connectivity index (χ3v) is 5.54. The summed E-state index contributed by atoms with van der Waals surface area (Å²) in [4.78, 5) is 15.5. The van der Waals surface area contributed by atoms with Crippen molar-refractivity contribution in [1.82, 2.24) is 9.97 Å². The van der Waals surface area contributed by atoms with E-state index in [9.17, 15) is 0 Å². The molecule has 2 N–H and O–H groups in total. The molecular formula is C26H31ClN6. The molecule has 7 heteroatoms. The summed E-state index contributed by atoms with van der Waals surface area (Å²) in [6.45, 7) is 14.3. The number of hydrogen-bond donors (Lipinski definition) is 2. The second-order valence-corrected chi connectivity index (χ2v) is 8.00. The minimum Gasteiger partial charge on any atom is -0.366 e. The highest BCUT2D eigenvalue weighted by Crippen LogP contribution is 2.30. The molecule has 0 amide bonds. The molecule has 172 valence electrons. The van der Waals surface area contributed by atoms with E-state index < -0.39 is 0 Å². The average Bonchev–Trinajstić information content (AvgIpc) is 2.82. The smallest absolute Gasteiger partial charge is 0.227 e. The highest BCUT2D eigenvalue weighted by Gasteiger charge is 2.09. The van der Waals surface area contributed by atoms with Crippen LogP contribution in [0.25, 0.3) is 5.70 Å². The Bertz CT molecular complexity index is 1120. The maximum absolute atomic E-state index is 6.10. The molecule has 0 unspecified atom stereocenters. The van der Waals surface area contributed by atoms with Crippen molar-refractivity contribution in [2.75, 3.05) is 28.6 Å². The molecule has 0 saturated carbocycles. The van der Waals surface area contributed by atoms with E-state index in [-0.39, 0.29) is 0 Å². The number of rotatable bonds is 10. The standard InChI is InChI=1S/C26H31ClN6/c1-6-23(22-14-11-20(27)16-24(22)28-5)31-21-12-9-19(10-13-21)17-29-25-15-18(4)30-26(32-25)33(7-2)8-3/h6,9-16,31H,5,7-8,17H2,1-4H3,(H,29,30,32)/b23-6+. The molecule has 2 aromatic carbocycles. The summed E-state index contributed by atoms with van der Waals surface area (Å²) in [5, 5.41) is 7.52. The number of aliphatic imine (C=N–C) groups is 1. The van der Waals surface area contributed by atoms with Crippen LogP contribution in [0.4, 0.5) is 23.1 Å². The lowest BCUT2D eigenvalue weighted by Crippen LogP contribution is -2.24. The number of allylic oxidation sites excluding steroid dienone is 1. The molecule has 1 aromatic heterocycles. The van der Waals surface area contributed by atoms with Gasteiger partial charge in [0.15, 0.2) is 0 Å². The Morgan fingerprint density at radius 2 is 1.82 bits per heavy atom. The van der Waals surface area contributed by atoms with Crippen molar-refractivity contribution in [2.45, 2.75) is 34.2 Å². The van der Waals surface area contributed by atoms with Gasteiger partial charge in [0.2, 0.25) is 5.95 Å². The van der Waals surface area contributed by atoms with E-state index in [4.69, 9.17) is 11.6 Å². The summed E-state index contributed by atoms with van der Waals surface area (Å²) < 4.78 is 0. The third-order valence-electron chi connectivity index (χ3n) is 5.30. The topological polar surface area (TPSA) is 65.4 Å². The number of nitrogens with one attached hydrogen (secondary N) is 2. The van der Waals surface area contributed by atoms with Gasteiger partial charge in [-0.1, -0.05) is 29.8 Å². The molecule has 0 saturated heterocycles. The van der Waals surface area contributed by atoms with E-state index in [1.54, 1.807) is 0 Å². The van der Waals surface area contributed by atoms with E-state index in [0.29, 0.717) is 11.6 Å². The van der Waals surface area contributed by atoms with E-state index in [2.05, 4.69) is 75.3 Å². The predicted octanol–water partition coefficient (Wildman–Crippen LogP) is 6.70. The number of halogens is 1. The van der Waals surface area contributed by atoms with Crippen LogP contribution in [0.5, 0.6) is 0 Å². The largest absolute Gasteiger partial charge is 0.366 e. The van der Waals surface area contributed by atoms with Gasteiger partial charge in [0.05, 0.1) is 5.69 Å². The van der Waals surface area contributed by atoms with E-state index >= 15 is 0 Å². The lowest BCUT2D eigenvalue weighted by molar-refractivity contribution is 0.816. The second kappa shape index (κ2) is 11.5. The summed E-state index contributed by atoms with van der Waals surface area (Å²) in [5.74, 6) is 1.59. The fourth-order valence-corrected chi connectivity index (χ4v) is 3.67. The zero-order chi connectivity index (χ0) is 23.8. The fraction of sp³-hybridized carbons (Fsp3) is 0.269. The molecule has 1 heterocycles. The van der Waals surface area contributed by atoms with Crippen molar-refractivity contribution >= 4 is 47.2 Å². The highest BCUT2D eigenvalue weighted by atomic mass is 35.5. The molecule has 0 radical (unpaired) electrons. The van der Waals surface area contributed by atoms with Gasteiger partial charge in [-0.2, -0.15) is 4.98 Å². The number of aryl methyl sites for hydroxylation is 1. The molecule has 0 bridgehead atoms. The summed E-state index contributed by atoms with van der Waals surface area (Å²) in [5.41, 5.74) is 5.73. The van der Waals surface area contributed by atoms with Crippen molar-refractivity contribution in [3.05, 3.63) is 76.5 Å². The number of benzene rings is 2. The van der Waals surface area contributed by atoms with E-state index in [0.717, 1.165) is 58.7 Å². The number of aromatic nitrogens is 2. The van der Waals surface area contributed by atoms with E-state index in [1.165, 1.54) is 0 Å². The Hall–Kier alpha value is -3.38. The summed E-state index contributed by atoms with van der Waals surface area (Å²) >= 11 is 6.10. The minimum atomic E-state index is 0.636. The summed E-state index contributed by atoms with van der Waals surface area (Å²) in [6.07, 6.45) is 2.01. The quantitative estimate of drug-likeness (QED) is 0.328. The van der Waals surface area contributed by atoms with Gasteiger partial charge in [-0.15, -0.1) is 0 Å². The first-order valence-corrected chi connectivity index (χ1v) is 11.5. The second-order valence-electron chi connectivity index (χ2n) is 7.56. The Balaban J connectivity index is 1.68. The molecule has 6 nitrogen and oxygen atoms in total. The first-order valence-electron chi connectivity index (χ1n) is 11.1. The van der Waals surface area contributed by atoms with Crippen molar-refractivity contribution in [2.24, 2.45) is 4.99 Å². The average molecular weight is 463 g/mol. The van der Waals surface area contributed by atoms with Crippen molar-refractivity contribution in [3.8, 4) is 0 Å². The zero-order valence-electron chi connectivity index (χ0n) is 19.7. The lowest BCUT2D eigenvalue weighted by atomic mass is 10.1. The molecule has 0 atom stereocenters. The normalized spacial score (nSPS) is 11.2. The van der Waals surface area contributed by atoms with Gasteiger partial charge < -0.3 is 15.5 Å². The van der Waals surface area contributed by atoms with Gasteiger partial charge in [0, 0.05) is 53.4 Å². The molecule has 0 aliphatic carbocycles. The molecule has 0 fully saturated rings. The van der Waals surface area contributed by atoms with Crippen LogP contribution in [-0.4, -0.2) is 29.8 Å². The van der Waals surface area contributed by atoms with Crippen molar-refractivity contribution < 1.29 is 0 Å². The first-order chi connectivity index (χ1) is 16.0. The minimum absolute atomic E-state index is 0.636. The van der Waals surface area contributed by atoms with Crippen LogP contribution < -0.4 is 15.5 Å². The van der Waals surface area contributed by atoms with Crippen LogP contribution in [0.1, 0.15) is 37.6 Å². The van der Waals surface area contributed by atoms with Gasteiger partial charge in [0.25, 0.3) is 0 Å². The summed E-state index contributed by atoms with van der Waals surface area (Å²) in [6, 6.07) is 15.9.